The number of ether oxygens (including phenoxy) is 1. The molecule has 0 spiro atoms. The number of rotatable bonds is 2. The van der Waals surface area contributed by atoms with Crippen LogP contribution in [0.2, 0.25) is 0 Å². The zero-order valence-corrected chi connectivity index (χ0v) is 9.65. The molecule has 0 bridgehead atoms. The van der Waals surface area contributed by atoms with E-state index in [1.54, 1.807) is 0 Å². The summed E-state index contributed by atoms with van der Waals surface area (Å²) in [5, 5.41) is 18.6. The molecule has 0 aliphatic carbocycles. The summed E-state index contributed by atoms with van der Waals surface area (Å²) in [5.41, 5.74) is 2.33. The lowest BCUT2D eigenvalue weighted by Crippen LogP contribution is -2.42. The molecule has 1 aromatic rings. The molecule has 7 nitrogen and oxygen atoms in total. The molecule has 2 heterocycles. The lowest BCUT2D eigenvalue weighted by Gasteiger charge is -2.24. The molecule has 1 saturated heterocycles. The van der Waals surface area contributed by atoms with Crippen LogP contribution in [0, 0.1) is 0 Å². The second-order valence-electron chi connectivity index (χ2n) is 4.35. The topological polar surface area (TPSA) is 111 Å². The van der Waals surface area contributed by atoms with Crippen LogP contribution in [0.3, 0.4) is 0 Å². The predicted octanol–water partition coefficient (Wildman–Crippen LogP) is -1.20. The van der Waals surface area contributed by atoms with E-state index in [4.69, 9.17) is 15.6 Å². The molecule has 1 aliphatic rings. The van der Waals surface area contributed by atoms with Crippen LogP contribution in [0.25, 0.3) is 0 Å². The third kappa shape index (κ3) is 1.88. The summed E-state index contributed by atoms with van der Waals surface area (Å²) >= 11 is 0. The maximum absolute atomic E-state index is 14.4. The molecule has 1 fully saturated rings. The Morgan fingerprint density at radius 3 is 2.89 bits per heavy atom. The number of anilines is 1. The molecule has 0 amide bonds. The Morgan fingerprint density at radius 2 is 2.39 bits per heavy atom. The van der Waals surface area contributed by atoms with Gasteiger partial charge in [-0.05, 0) is 13.0 Å². The number of hydrogen-bond donors (Lipinski definition) is 3. The van der Waals surface area contributed by atoms with Crippen molar-refractivity contribution in [2.45, 2.75) is 31.0 Å². The summed E-state index contributed by atoms with van der Waals surface area (Å²) < 4.78 is 20.4. The van der Waals surface area contributed by atoms with E-state index in [1.807, 2.05) is 0 Å². The number of nitrogens with two attached hydrogens (primary N) is 1. The molecule has 4 N–H and O–H groups in total. The van der Waals surface area contributed by atoms with Crippen molar-refractivity contribution in [3.05, 3.63) is 22.7 Å². The molecule has 0 aromatic carbocycles. The highest BCUT2D eigenvalue weighted by Crippen LogP contribution is 2.40. The third-order valence-electron chi connectivity index (χ3n) is 3.00. The van der Waals surface area contributed by atoms with E-state index < -0.39 is 36.4 Å². The van der Waals surface area contributed by atoms with Gasteiger partial charge in [0.1, 0.15) is 18.0 Å². The standard InChI is InChI=1S/C10H14FN3O4/c1-10(11)7(16)5(4-15)18-8(10)14-3-2-6(12)13-9(14)17/h2-3,5,7-8,15-16H,4H2,1H3,(H2,12,13,17)/t5-,7+,8-,10?/m1/s1. The minimum Gasteiger partial charge on any atom is -0.394 e. The molecule has 4 atom stereocenters. The lowest BCUT2D eigenvalue weighted by molar-refractivity contribution is -0.0610. The molecule has 2 rings (SSSR count). The Bertz CT molecular complexity index is 504. The van der Waals surface area contributed by atoms with E-state index >= 15 is 0 Å². The molecule has 1 aliphatic heterocycles. The van der Waals surface area contributed by atoms with Gasteiger partial charge in [0, 0.05) is 6.20 Å². The number of hydrogen-bond acceptors (Lipinski definition) is 6. The van der Waals surface area contributed by atoms with Gasteiger partial charge in [-0.1, -0.05) is 0 Å². The van der Waals surface area contributed by atoms with Crippen molar-refractivity contribution in [3.63, 3.8) is 0 Å². The second kappa shape index (κ2) is 4.30. The van der Waals surface area contributed by atoms with Crippen LogP contribution in [0.4, 0.5) is 10.2 Å². The van der Waals surface area contributed by atoms with Gasteiger partial charge in [-0.25, -0.2) is 9.18 Å². The highest BCUT2D eigenvalue weighted by atomic mass is 19.1. The highest BCUT2D eigenvalue weighted by molar-refractivity contribution is 5.23. The van der Waals surface area contributed by atoms with Crippen molar-refractivity contribution in [3.8, 4) is 0 Å². The van der Waals surface area contributed by atoms with Gasteiger partial charge >= 0.3 is 5.69 Å². The van der Waals surface area contributed by atoms with E-state index in [2.05, 4.69) is 4.98 Å². The van der Waals surface area contributed by atoms with Crippen LogP contribution >= 0.6 is 0 Å². The number of aliphatic hydroxyl groups excluding tert-OH is 2. The van der Waals surface area contributed by atoms with Crippen molar-refractivity contribution in [1.29, 1.82) is 0 Å². The fraction of sp³-hybridized carbons (Fsp3) is 0.600. The maximum Gasteiger partial charge on any atom is 0.351 e. The molecule has 1 aromatic heterocycles. The van der Waals surface area contributed by atoms with Crippen LogP contribution in [0.15, 0.2) is 17.1 Å². The van der Waals surface area contributed by atoms with Gasteiger partial charge in [-0.3, -0.25) is 4.57 Å². The Labute approximate surface area is 102 Å². The number of nitrogen functional groups attached to an aromatic ring is 1. The van der Waals surface area contributed by atoms with E-state index in [-0.39, 0.29) is 5.82 Å². The smallest absolute Gasteiger partial charge is 0.351 e. The van der Waals surface area contributed by atoms with Crippen LogP contribution in [-0.4, -0.2) is 44.2 Å². The van der Waals surface area contributed by atoms with Crippen LogP contribution in [0.1, 0.15) is 13.2 Å². The largest absolute Gasteiger partial charge is 0.394 e. The number of alkyl halides is 1. The maximum atomic E-state index is 14.4. The third-order valence-corrected chi connectivity index (χ3v) is 3.00. The Kier molecular flexibility index (Phi) is 3.09. The number of aliphatic hydroxyl groups is 2. The molecule has 18 heavy (non-hydrogen) atoms. The normalized spacial score (nSPS) is 35.9. The van der Waals surface area contributed by atoms with Crippen LogP contribution < -0.4 is 11.4 Å². The zero-order chi connectivity index (χ0) is 13.5. The minimum atomic E-state index is -2.21. The van der Waals surface area contributed by atoms with Gasteiger partial charge in [0.15, 0.2) is 11.9 Å². The molecule has 8 heteroatoms. The molecule has 0 radical (unpaired) electrons. The van der Waals surface area contributed by atoms with Crippen molar-refractivity contribution in [2.75, 3.05) is 12.3 Å². The Balaban J connectivity index is 2.42. The van der Waals surface area contributed by atoms with Crippen molar-refractivity contribution in [1.82, 2.24) is 9.55 Å². The number of aromatic nitrogens is 2. The second-order valence-corrected chi connectivity index (χ2v) is 4.35. The van der Waals surface area contributed by atoms with Crippen molar-refractivity contribution in [2.24, 2.45) is 0 Å². The fourth-order valence-corrected chi connectivity index (χ4v) is 1.97. The van der Waals surface area contributed by atoms with Gasteiger partial charge in [-0.2, -0.15) is 4.98 Å². The fourth-order valence-electron chi connectivity index (χ4n) is 1.97. The summed E-state index contributed by atoms with van der Waals surface area (Å²) in [4.78, 5) is 15.1. The first-order valence-corrected chi connectivity index (χ1v) is 5.36. The van der Waals surface area contributed by atoms with Gasteiger partial charge in [0.2, 0.25) is 0 Å². The summed E-state index contributed by atoms with van der Waals surface area (Å²) in [6.45, 7) is 0.551. The first-order chi connectivity index (χ1) is 8.37. The predicted molar refractivity (Wildman–Crippen MR) is 59.4 cm³/mol. The van der Waals surface area contributed by atoms with Crippen LogP contribution in [-0.2, 0) is 4.74 Å². The summed E-state index contributed by atoms with van der Waals surface area (Å²) in [6.07, 6.45) is -2.74. The Hall–Kier alpha value is -1.51. The van der Waals surface area contributed by atoms with E-state index in [1.165, 1.54) is 12.3 Å². The number of halogens is 1. The lowest BCUT2D eigenvalue weighted by atomic mass is 9.98. The van der Waals surface area contributed by atoms with Crippen molar-refractivity contribution >= 4 is 5.82 Å². The van der Waals surface area contributed by atoms with E-state index in [0.29, 0.717) is 0 Å². The van der Waals surface area contributed by atoms with Gasteiger partial charge in [-0.15, -0.1) is 0 Å². The molecular formula is C10H14FN3O4. The van der Waals surface area contributed by atoms with Gasteiger partial charge < -0.3 is 20.7 Å². The van der Waals surface area contributed by atoms with E-state index in [9.17, 15) is 14.3 Å². The first kappa shape index (κ1) is 12.9. The molecular weight excluding hydrogens is 245 g/mol. The zero-order valence-electron chi connectivity index (χ0n) is 9.65. The van der Waals surface area contributed by atoms with Crippen molar-refractivity contribution < 1.29 is 19.3 Å². The summed E-state index contributed by atoms with van der Waals surface area (Å²) in [6, 6.07) is 1.32. The van der Waals surface area contributed by atoms with Crippen LogP contribution in [0.5, 0.6) is 0 Å². The first-order valence-electron chi connectivity index (χ1n) is 5.36. The molecule has 1 unspecified atom stereocenters. The Morgan fingerprint density at radius 1 is 1.72 bits per heavy atom. The summed E-state index contributed by atoms with van der Waals surface area (Å²) in [5.74, 6) is 0.00839. The van der Waals surface area contributed by atoms with Gasteiger partial charge in [0.25, 0.3) is 0 Å². The average Bonchev–Trinajstić information content (AvgIpc) is 2.52. The highest BCUT2D eigenvalue weighted by Gasteiger charge is 2.55. The van der Waals surface area contributed by atoms with Gasteiger partial charge in [0.05, 0.1) is 6.61 Å². The monoisotopic (exact) mass is 259 g/mol. The molecule has 0 saturated carbocycles. The quantitative estimate of drug-likeness (QED) is 0.615. The number of nitrogens with zero attached hydrogens (tertiary/aromatic N) is 2. The SMILES string of the molecule is CC1(F)[C@@H](O)[C@@H](CO)O[C@H]1n1ccc(N)nc1=O. The minimum absolute atomic E-state index is 0.00839. The van der Waals surface area contributed by atoms with E-state index in [0.717, 1.165) is 11.5 Å². The molecule has 100 valence electrons. The summed E-state index contributed by atoms with van der Waals surface area (Å²) in [7, 11) is 0. The average molecular weight is 259 g/mol.